The van der Waals surface area contributed by atoms with Crippen LogP contribution in [-0.2, 0) is 9.22 Å². The molecule has 2 rings (SSSR count). The van der Waals surface area contributed by atoms with Crippen LogP contribution in [0.3, 0.4) is 0 Å². The fraction of sp³-hybridized carbons (Fsp3) is 0.706. The molecule has 0 aliphatic heterocycles. The Balaban J connectivity index is 2.34. The van der Waals surface area contributed by atoms with Crippen LogP contribution in [0, 0.1) is 17.3 Å². The van der Waals surface area contributed by atoms with Crippen LogP contribution in [0.15, 0.2) is 24.0 Å². The number of hydrogen-bond acceptors (Lipinski definition) is 2. The number of fused-ring (bicyclic) bond motifs is 1. The lowest BCUT2D eigenvalue weighted by molar-refractivity contribution is -0.144. The highest BCUT2D eigenvalue weighted by Crippen LogP contribution is 2.61. The first-order chi connectivity index (χ1) is 8.99. The monoisotopic (exact) mass is 292 g/mol. The van der Waals surface area contributed by atoms with Gasteiger partial charge in [0.2, 0.25) is 8.32 Å². The fourth-order valence-electron chi connectivity index (χ4n) is 3.41. The number of rotatable bonds is 3. The minimum Gasteiger partial charge on any atom is -0.547 e. The summed E-state index contributed by atoms with van der Waals surface area (Å²) < 4.78 is 6.50. The van der Waals surface area contributed by atoms with E-state index in [0.717, 1.165) is 17.8 Å². The average Bonchev–Trinajstić information content (AvgIpc) is 2.58. The zero-order valence-corrected chi connectivity index (χ0v) is 15.0. The van der Waals surface area contributed by atoms with E-state index in [4.69, 9.17) is 4.43 Å². The van der Waals surface area contributed by atoms with Crippen molar-refractivity contribution in [2.45, 2.75) is 59.2 Å². The smallest absolute Gasteiger partial charge is 0.250 e. The van der Waals surface area contributed by atoms with E-state index in [1.807, 2.05) is 13.0 Å². The highest BCUT2D eigenvalue weighted by Gasteiger charge is 2.63. The first kappa shape index (κ1) is 15.6. The Morgan fingerprint density at radius 1 is 1.40 bits per heavy atom. The second-order valence-corrected chi connectivity index (χ2v) is 12.7. The zero-order chi connectivity index (χ0) is 15.5. The molecule has 2 aliphatic carbocycles. The molecule has 0 heterocycles. The average molecular weight is 292 g/mol. The number of Topliss-reactive ketones (excluding diaryl/α,β-unsaturated/α-hetero) is 1. The molecule has 0 aromatic heterocycles. The van der Waals surface area contributed by atoms with Gasteiger partial charge in [-0.2, -0.15) is 0 Å². The minimum absolute atomic E-state index is 0.142. The molecule has 0 N–H and O–H groups in total. The van der Waals surface area contributed by atoms with Gasteiger partial charge in [-0.25, -0.2) is 0 Å². The van der Waals surface area contributed by atoms with Gasteiger partial charge in [0, 0.05) is 12.3 Å². The van der Waals surface area contributed by atoms with Crippen LogP contribution in [0.4, 0.5) is 0 Å². The second-order valence-electron chi connectivity index (χ2n) is 7.95. The van der Waals surface area contributed by atoms with Crippen molar-refractivity contribution in [3.63, 3.8) is 0 Å². The number of ketones is 1. The lowest BCUT2D eigenvalue weighted by Gasteiger charge is -2.47. The molecule has 1 saturated carbocycles. The van der Waals surface area contributed by atoms with Crippen LogP contribution < -0.4 is 0 Å². The van der Waals surface area contributed by atoms with Crippen molar-refractivity contribution in [2.75, 3.05) is 0 Å². The summed E-state index contributed by atoms with van der Waals surface area (Å²) >= 11 is 0. The van der Waals surface area contributed by atoms with Crippen LogP contribution in [0.25, 0.3) is 0 Å². The molecule has 0 bridgehead atoms. The van der Waals surface area contributed by atoms with Crippen molar-refractivity contribution >= 4 is 14.1 Å². The summed E-state index contributed by atoms with van der Waals surface area (Å²) in [5, 5.41) is 0.179. The van der Waals surface area contributed by atoms with Gasteiger partial charge >= 0.3 is 0 Å². The topological polar surface area (TPSA) is 26.3 Å². The molecule has 0 spiro atoms. The van der Waals surface area contributed by atoms with Crippen LogP contribution in [0.2, 0.25) is 18.1 Å². The number of carbonyl (C=O) groups excluding carboxylic acids is 1. The molecular formula is C17H28O2Si. The summed E-state index contributed by atoms with van der Waals surface area (Å²) in [6.07, 6.45) is 2.76. The Morgan fingerprint density at radius 3 is 2.35 bits per heavy atom. The summed E-state index contributed by atoms with van der Waals surface area (Å²) in [5.74, 6) is 1.90. The third-order valence-electron chi connectivity index (χ3n) is 5.96. The maximum atomic E-state index is 12.4. The Hall–Kier alpha value is -0.833. The quantitative estimate of drug-likeness (QED) is 0.557. The number of allylic oxidation sites excluding steroid dienone is 3. The number of hydrogen-bond donors (Lipinski definition) is 0. The molecule has 1 fully saturated rings. The van der Waals surface area contributed by atoms with Crippen molar-refractivity contribution in [1.29, 1.82) is 0 Å². The van der Waals surface area contributed by atoms with E-state index in [2.05, 4.69) is 47.4 Å². The van der Waals surface area contributed by atoms with Gasteiger partial charge in [0.1, 0.15) is 5.78 Å². The molecule has 3 atom stereocenters. The Morgan fingerprint density at radius 2 is 1.95 bits per heavy atom. The summed E-state index contributed by atoms with van der Waals surface area (Å²) in [7, 11) is -1.84. The first-order valence-electron chi connectivity index (χ1n) is 7.56. The van der Waals surface area contributed by atoms with Gasteiger partial charge in [-0.3, -0.25) is 4.79 Å². The van der Waals surface area contributed by atoms with Crippen LogP contribution in [0.1, 0.15) is 41.0 Å². The first-order valence-corrected chi connectivity index (χ1v) is 10.5. The molecule has 2 aliphatic rings. The summed E-state index contributed by atoms with van der Waals surface area (Å²) in [5.41, 5.74) is 0.697. The standard InChI is InChI=1S/C17H28O2Si/c1-9-17-12(3)14(10-13(17)11(2)15(17)18)19-20(7,8)16(4,5)6/h9,11,13H,1,10H2,2-8H3/t11-,13-,17-/m1/s1. The van der Waals surface area contributed by atoms with E-state index in [9.17, 15) is 4.79 Å². The number of carbonyl (C=O) groups is 1. The van der Waals surface area contributed by atoms with E-state index in [-0.39, 0.29) is 11.0 Å². The van der Waals surface area contributed by atoms with Crippen molar-refractivity contribution in [3.05, 3.63) is 24.0 Å². The van der Waals surface area contributed by atoms with E-state index in [0.29, 0.717) is 11.7 Å². The molecule has 0 saturated heterocycles. The van der Waals surface area contributed by atoms with Gasteiger partial charge < -0.3 is 4.43 Å². The van der Waals surface area contributed by atoms with Gasteiger partial charge in [0.15, 0.2) is 0 Å². The summed E-state index contributed by atoms with van der Waals surface area (Å²) in [6, 6.07) is 0. The predicted molar refractivity (Wildman–Crippen MR) is 85.9 cm³/mol. The second kappa shape index (κ2) is 4.33. The lowest BCUT2D eigenvalue weighted by atomic mass is 9.53. The fourth-order valence-corrected chi connectivity index (χ4v) is 4.57. The van der Waals surface area contributed by atoms with Crippen molar-refractivity contribution < 1.29 is 9.22 Å². The molecule has 0 unspecified atom stereocenters. The molecule has 3 heteroatoms. The maximum absolute atomic E-state index is 12.4. The van der Waals surface area contributed by atoms with E-state index in [1.54, 1.807) is 0 Å². The van der Waals surface area contributed by atoms with E-state index >= 15 is 0 Å². The Kier molecular flexibility index (Phi) is 3.37. The van der Waals surface area contributed by atoms with Gasteiger partial charge in [-0.1, -0.05) is 33.8 Å². The summed E-state index contributed by atoms with van der Waals surface area (Å²) in [6.45, 7) is 19.3. The lowest BCUT2D eigenvalue weighted by Crippen LogP contribution is -2.53. The van der Waals surface area contributed by atoms with Crippen LogP contribution in [0.5, 0.6) is 0 Å². The van der Waals surface area contributed by atoms with Crippen LogP contribution >= 0.6 is 0 Å². The molecule has 20 heavy (non-hydrogen) atoms. The third kappa shape index (κ3) is 1.78. The minimum atomic E-state index is -1.84. The zero-order valence-electron chi connectivity index (χ0n) is 14.0. The molecule has 0 aromatic rings. The highest BCUT2D eigenvalue weighted by molar-refractivity contribution is 6.74. The third-order valence-corrected chi connectivity index (χ3v) is 10.3. The van der Waals surface area contributed by atoms with Crippen LogP contribution in [-0.4, -0.2) is 14.1 Å². The molecule has 2 nitrogen and oxygen atoms in total. The van der Waals surface area contributed by atoms with Crippen molar-refractivity contribution in [1.82, 2.24) is 0 Å². The molecule has 112 valence electrons. The van der Waals surface area contributed by atoms with Gasteiger partial charge in [0.05, 0.1) is 11.2 Å². The maximum Gasteiger partial charge on any atom is 0.250 e. The normalized spacial score (nSPS) is 33.9. The van der Waals surface area contributed by atoms with Gasteiger partial charge in [-0.05, 0) is 36.5 Å². The molecule has 0 amide bonds. The molecule has 0 radical (unpaired) electrons. The summed E-state index contributed by atoms with van der Waals surface area (Å²) in [4.78, 5) is 12.4. The Labute approximate surface area is 124 Å². The largest absolute Gasteiger partial charge is 0.547 e. The molecule has 0 aromatic carbocycles. The predicted octanol–water partition coefficient (Wildman–Crippen LogP) is 4.69. The SMILES string of the molecule is C=C[C@]12C(=O)[C@H](C)[C@H]1CC(O[Si](C)(C)C(C)(C)C)=C2C. The van der Waals surface area contributed by atoms with E-state index < -0.39 is 13.7 Å². The van der Waals surface area contributed by atoms with Crippen molar-refractivity contribution in [3.8, 4) is 0 Å². The Bertz CT molecular complexity index is 496. The van der Waals surface area contributed by atoms with E-state index in [1.165, 1.54) is 0 Å². The molecular weight excluding hydrogens is 264 g/mol. The van der Waals surface area contributed by atoms with Crippen molar-refractivity contribution in [2.24, 2.45) is 17.3 Å². The van der Waals surface area contributed by atoms with Gasteiger partial charge in [-0.15, -0.1) is 6.58 Å². The highest BCUT2D eigenvalue weighted by atomic mass is 28.4. The van der Waals surface area contributed by atoms with Gasteiger partial charge in [0.25, 0.3) is 0 Å².